The lowest BCUT2D eigenvalue weighted by Gasteiger charge is -2.16. The van der Waals surface area contributed by atoms with Gasteiger partial charge in [-0.25, -0.2) is 0 Å². The van der Waals surface area contributed by atoms with Gasteiger partial charge in [0.15, 0.2) is 0 Å². The molecule has 0 aliphatic heterocycles. The Kier molecular flexibility index (Phi) is 5.02. The topological polar surface area (TPSA) is 49.7 Å². The number of benzene rings is 2. The van der Waals surface area contributed by atoms with Gasteiger partial charge in [0.05, 0.1) is 7.11 Å². The molecule has 2 rings (SSSR count). The van der Waals surface area contributed by atoms with E-state index in [0.717, 1.165) is 29.7 Å². The van der Waals surface area contributed by atoms with Crippen molar-refractivity contribution in [3.8, 4) is 11.5 Å². The van der Waals surface area contributed by atoms with Crippen molar-refractivity contribution >= 4 is 0 Å². The molecule has 106 valence electrons. The molecule has 0 aliphatic rings. The second-order valence-corrected chi connectivity index (χ2v) is 4.94. The highest BCUT2D eigenvalue weighted by atomic mass is 16.5. The molecule has 1 atom stereocenters. The van der Waals surface area contributed by atoms with Gasteiger partial charge in [-0.15, -0.1) is 0 Å². The van der Waals surface area contributed by atoms with Gasteiger partial charge in [-0.05, 0) is 48.1 Å². The van der Waals surface area contributed by atoms with Crippen LogP contribution in [0, 0.1) is 5.92 Å². The lowest BCUT2D eigenvalue weighted by molar-refractivity contribution is 0.224. The minimum absolute atomic E-state index is 0.105. The van der Waals surface area contributed by atoms with E-state index in [-0.39, 0.29) is 18.3 Å². The van der Waals surface area contributed by atoms with E-state index < -0.39 is 0 Å². The first-order valence-electron chi connectivity index (χ1n) is 6.73. The highest BCUT2D eigenvalue weighted by Gasteiger charge is 2.13. The zero-order chi connectivity index (χ0) is 14.4. The summed E-state index contributed by atoms with van der Waals surface area (Å²) in [5, 5.41) is 19.1. The number of phenolic OH excluding ortho intramolecular Hbond substituents is 1. The SMILES string of the molecule is COc1ccccc1CC(CO)Cc1cccc(O)c1. The van der Waals surface area contributed by atoms with Gasteiger partial charge in [-0.1, -0.05) is 30.3 Å². The molecule has 0 fully saturated rings. The Balaban J connectivity index is 2.09. The largest absolute Gasteiger partial charge is 0.508 e. The van der Waals surface area contributed by atoms with Gasteiger partial charge in [-0.2, -0.15) is 0 Å². The molecule has 1 unspecified atom stereocenters. The van der Waals surface area contributed by atoms with Crippen LogP contribution in [0.4, 0.5) is 0 Å². The average molecular weight is 272 g/mol. The predicted octanol–water partition coefficient (Wildman–Crippen LogP) is 2.79. The maximum atomic E-state index is 9.58. The van der Waals surface area contributed by atoms with Gasteiger partial charge in [0, 0.05) is 6.61 Å². The number of aliphatic hydroxyl groups excluding tert-OH is 1. The Bertz CT molecular complexity index is 551. The third-order valence-corrected chi connectivity index (χ3v) is 3.39. The van der Waals surface area contributed by atoms with Crippen LogP contribution in [0.15, 0.2) is 48.5 Å². The van der Waals surface area contributed by atoms with Crippen molar-refractivity contribution in [1.29, 1.82) is 0 Å². The Morgan fingerprint density at radius 2 is 1.85 bits per heavy atom. The molecule has 3 heteroatoms. The molecule has 0 aromatic heterocycles. The van der Waals surface area contributed by atoms with Gasteiger partial charge < -0.3 is 14.9 Å². The number of aliphatic hydroxyl groups is 1. The van der Waals surface area contributed by atoms with Crippen molar-refractivity contribution in [2.24, 2.45) is 5.92 Å². The normalized spacial score (nSPS) is 12.1. The van der Waals surface area contributed by atoms with Crippen LogP contribution >= 0.6 is 0 Å². The second-order valence-electron chi connectivity index (χ2n) is 4.94. The van der Waals surface area contributed by atoms with Crippen LogP contribution < -0.4 is 4.74 Å². The van der Waals surface area contributed by atoms with E-state index in [1.54, 1.807) is 19.2 Å². The zero-order valence-electron chi connectivity index (χ0n) is 11.6. The summed E-state index contributed by atoms with van der Waals surface area (Å²) < 4.78 is 5.34. The molecule has 0 amide bonds. The maximum Gasteiger partial charge on any atom is 0.122 e. The number of phenols is 1. The summed E-state index contributed by atoms with van der Waals surface area (Å²) in [7, 11) is 1.65. The summed E-state index contributed by atoms with van der Waals surface area (Å²) in [6.07, 6.45) is 1.47. The summed E-state index contributed by atoms with van der Waals surface area (Å²) >= 11 is 0. The summed E-state index contributed by atoms with van der Waals surface area (Å²) in [6, 6.07) is 15.0. The molecule has 0 radical (unpaired) electrons. The summed E-state index contributed by atoms with van der Waals surface area (Å²) in [5.41, 5.74) is 2.12. The van der Waals surface area contributed by atoms with Crippen molar-refractivity contribution < 1.29 is 14.9 Å². The van der Waals surface area contributed by atoms with Crippen LogP contribution in [-0.4, -0.2) is 23.9 Å². The number of methoxy groups -OCH3 is 1. The summed E-state index contributed by atoms with van der Waals surface area (Å²) in [4.78, 5) is 0. The molecular formula is C17H20O3. The van der Waals surface area contributed by atoms with Crippen molar-refractivity contribution in [2.45, 2.75) is 12.8 Å². The van der Waals surface area contributed by atoms with E-state index in [9.17, 15) is 10.2 Å². The molecule has 20 heavy (non-hydrogen) atoms. The Hall–Kier alpha value is -2.00. The van der Waals surface area contributed by atoms with E-state index in [1.165, 1.54) is 0 Å². The minimum atomic E-state index is 0.105. The van der Waals surface area contributed by atoms with Crippen LogP contribution in [0.25, 0.3) is 0 Å². The molecular weight excluding hydrogens is 252 g/mol. The molecule has 0 saturated carbocycles. The Labute approximate surface area is 119 Å². The third-order valence-electron chi connectivity index (χ3n) is 3.39. The average Bonchev–Trinajstić information content (AvgIpc) is 2.47. The molecule has 3 nitrogen and oxygen atoms in total. The number of para-hydroxylation sites is 1. The number of ether oxygens (including phenoxy) is 1. The lowest BCUT2D eigenvalue weighted by atomic mass is 9.93. The molecule has 2 aromatic carbocycles. The number of hydrogen-bond acceptors (Lipinski definition) is 3. The van der Waals surface area contributed by atoms with Crippen molar-refractivity contribution in [1.82, 2.24) is 0 Å². The number of hydrogen-bond donors (Lipinski definition) is 2. The molecule has 0 aliphatic carbocycles. The first-order valence-corrected chi connectivity index (χ1v) is 6.73. The quantitative estimate of drug-likeness (QED) is 0.850. The highest BCUT2D eigenvalue weighted by molar-refractivity contribution is 5.34. The fourth-order valence-corrected chi connectivity index (χ4v) is 2.40. The van der Waals surface area contributed by atoms with Gasteiger partial charge in [-0.3, -0.25) is 0 Å². The molecule has 0 spiro atoms. The highest BCUT2D eigenvalue weighted by Crippen LogP contribution is 2.23. The Morgan fingerprint density at radius 3 is 2.55 bits per heavy atom. The standard InChI is InChI=1S/C17H20O3/c1-20-17-8-3-2-6-15(17)10-14(12-18)9-13-5-4-7-16(19)11-13/h2-8,11,14,18-19H,9-10,12H2,1H3. The smallest absolute Gasteiger partial charge is 0.122 e. The lowest BCUT2D eigenvalue weighted by Crippen LogP contribution is -2.13. The van der Waals surface area contributed by atoms with Gasteiger partial charge >= 0.3 is 0 Å². The van der Waals surface area contributed by atoms with Crippen LogP contribution in [0.3, 0.4) is 0 Å². The second kappa shape index (κ2) is 6.96. The third kappa shape index (κ3) is 3.75. The number of rotatable bonds is 6. The first kappa shape index (κ1) is 14.4. The molecule has 2 N–H and O–H groups in total. The molecule has 0 saturated heterocycles. The van der Waals surface area contributed by atoms with Gasteiger partial charge in [0.1, 0.15) is 11.5 Å². The minimum Gasteiger partial charge on any atom is -0.508 e. The zero-order valence-corrected chi connectivity index (χ0v) is 11.6. The Morgan fingerprint density at radius 1 is 1.05 bits per heavy atom. The van der Waals surface area contributed by atoms with E-state index in [1.807, 2.05) is 36.4 Å². The van der Waals surface area contributed by atoms with E-state index in [4.69, 9.17) is 4.74 Å². The van der Waals surface area contributed by atoms with Crippen LogP contribution in [0.1, 0.15) is 11.1 Å². The fourth-order valence-electron chi connectivity index (χ4n) is 2.40. The van der Waals surface area contributed by atoms with Crippen LogP contribution in [0.2, 0.25) is 0 Å². The predicted molar refractivity (Wildman–Crippen MR) is 79.1 cm³/mol. The summed E-state index contributed by atoms with van der Waals surface area (Å²) in [6.45, 7) is 0.105. The van der Waals surface area contributed by atoms with Crippen molar-refractivity contribution in [3.63, 3.8) is 0 Å². The molecule has 0 bridgehead atoms. The number of aromatic hydroxyl groups is 1. The van der Waals surface area contributed by atoms with Crippen molar-refractivity contribution in [3.05, 3.63) is 59.7 Å². The summed E-state index contributed by atoms with van der Waals surface area (Å²) in [5.74, 6) is 1.21. The van der Waals surface area contributed by atoms with E-state index in [2.05, 4.69) is 0 Å². The van der Waals surface area contributed by atoms with Crippen molar-refractivity contribution in [2.75, 3.05) is 13.7 Å². The van der Waals surface area contributed by atoms with Crippen LogP contribution in [0.5, 0.6) is 11.5 Å². The molecule has 2 aromatic rings. The first-order chi connectivity index (χ1) is 9.72. The fraction of sp³-hybridized carbons (Fsp3) is 0.294. The van der Waals surface area contributed by atoms with Gasteiger partial charge in [0.2, 0.25) is 0 Å². The maximum absolute atomic E-state index is 9.58. The molecule has 0 heterocycles. The van der Waals surface area contributed by atoms with Crippen LogP contribution in [-0.2, 0) is 12.8 Å². The monoisotopic (exact) mass is 272 g/mol. The van der Waals surface area contributed by atoms with E-state index in [0.29, 0.717) is 0 Å². The van der Waals surface area contributed by atoms with Gasteiger partial charge in [0.25, 0.3) is 0 Å². The van der Waals surface area contributed by atoms with E-state index >= 15 is 0 Å².